The molecule has 0 bridgehead atoms. The minimum absolute atomic E-state index is 0.117. The first kappa shape index (κ1) is 14.8. The van der Waals surface area contributed by atoms with Crippen molar-refractivity contribution in [2.75, 3.05) is 24.7 Å². The van der Waals surface area contributed by atoms with E-state index in [9.17, 15) is 14.9 Å². The molecule has 0 aliphatic carbocycles. The summed E-state index contributed by atoms with van der Waals surface area (Å²) >= 11 is 1.05. The maximum atomic E-state index is 11.3. The normalized spacial score (nSPS) is 9.47. The molecule has 0 radical (unpaired) electrons. The monoisotopic (exact) mass is 281 g/mol. The van der Waals surface area contributed by atoms with Gasteiger partial charge in [-0.25, -0.2) is 4.79 Å². The number of thiocyanates is 1. The number of anilines is 1. The maximum Gasteiger partial charge on any atom is 0.338 e. The molecule has 8 heteroatoms. The molecule has 7 nitrogen and oxygen atoms in total. The molecule has 0 aliphatic heterocycles. The van der Waals surface area contributed by atoms with Gasteiger partial charge in [0.1, 0.15) is 11.1 Å². The van der Waals surface area contributed by atoms with Crippen molar-refractivity contribution in [2.45, 2.75) is 0 Å². The summed E-state index contributed by atoms with van der Waals surface area (Å²) in [6.07, 6.45) is 0. The lowest BCUT2D eigenvalue weighted by molar-refractivity contribution is -0.384. The third-order valence-corrected chi connectivity index (χ3v) is 2.74. The van der Waals surface area contributed by atoms with Crippen LogP contribution in [0.15, 0.2) is 18.2 Å². The number of methoxy groups -OCH3 is 1. The van der Waals surface area contributed by atoms with Crippen LogP contribution in [0.2, 0.25) is 0 Å². The summed E-state index contributed by atoms with van der Waals surface area (Å²) in [5.41, 5.74) is 0.215. The summed E-state index contributed by atoms with van der Waals surface area (Å²) in [6, 6.07) is 4.05. The van der Waals surface area contributed by atoms with E-state index in [-0.39, 0.29) is 11.3 Å². The Morgan fingerprint density at radius 3 is 2.95 bits per heavy atom. The molecule has 0 saturated heterocycles. The molecule has 1 aromatic rings. The SMILES string of the molecule is COC(=O)c1ccc(NCCSC#N)c([N+](=O)[O-])c1. The highest BCUT2D eigenvalue weighted by molar-refractivity contribution is 8.03. The number of esters is 1. The van der Waals surface area contributed by atoms with Crippen molar-refractivity contribution in [3.63, 3.8) is 0 Å². The lowest BCUT2D eigenvalue weighted by atomic mass is 10.1. The Morgan fingerprint density at radius 2 is 2.37 bits per heavy atom. The van der Waals surface area contributed by atoms with Crippen LogP contribution in [0.25, 0.3) is 0 Å². The number of nitro benzene ring substituents is 1. The minimum atomic E-state index is -0.630. The number of benzene rings is 1. The van der Waals surface area contributed by atoms with Crippen molar-refractivity contribution in [1.29, 1.82) is 5.26 Å². The average molecular weight is 281 g/mol. The fourth-order valence-electron chi connectivity index (χ4n) is 1.36. The number of hydrogen-bond donors (Lipinski definition) is 1. The molecular weight excluding hydrogens is 270 g/mol. The van der Waals surface area contributed by atoms with E-state index in [1.807, 2.05) is 5.40 Å². The third kappa shape index (κ3) is 4.15. The number of nitro groups is 1. The summed E-state index contributed by atoms with van der Waals surface area (Å²) in [4.78, 5) is 21.6. The molecule has 0 aliphatic rings. The van der Waals surface area contributed by atoms with Gasteiger partial charge in [-0.3, -0.25) is 10.1 Å². The molecule has 1 rings (SSSR count). The number of nitrogens with zero attached hydrogens (tertiary/aromatic N) is 2. The predicted octanol–water partition coefficient (Wildman–Crippen LogP) is 2.01. The topological polar surface area (TPSA) is 105 Å². The largest absolute Gasteiger partial charge is 0.465 e. The second kappa shape index (κ2) is 7.23. The quantitative estimate of drug-likeness (QED) is 0.279. The molecule has 0 saturated carbocycles. The van der Waals surface area contributed by atoms with Gasteiger partial charge in [-0.1, -0.05) is 0 Å². The van der Waals surface area contributed by atoms with E-state index in [1.54, 1.807) is 0 Å². The number of nitrogens with one attached hydrogen (secondary N) is 1. The van der Waals surface area contributed by atoms with Gasteiger partial charge in [0.2, 0.25) is 0 Å². The number of carbonyl (C=O) groups is 1. The molecule has 0 amide bonds. The van der Waals surface area contributed by atoms with E-state index in [0.29, 0.717) is 18.0 Å². The molecule has 0 atom stereocenters. The lowest BCUT2D eigenvalue weighted by Crippen LogP contribution is -2.08. The summed E-state index contributed by atoms with van der Waals surface area (Å²) < 4.78 is 4.50. The van der Waals surface area contributed by atoms with Crippen molar-refractivity contribution < 1.29 is 14.5 Å². The number of carbonyl (C=O) groups excluding carboxylic acids is 1. The van der Waals surface area contributed by atoms with Crippen molar-refractivity contribution in [3.05, 3.63) is 33.9 Å². The number of hydrogen-bond acceptors (Lipinski definition) is 7. The number of thioether (sulfide) groups is 1. The Hall–Kier alpha value is -2.27. The van der Waals surface area contributed by atoms with E-state index in [4.69, 9.17) is 5.26 Å². The summed E-state index contributed by atoms with van der Waals surface area (Å²) in [7, 11) is 1.21. The maximum absolute atomic E-state index is 11.3. The van der Waals surface area contributed by atoms with Crippen LogP contribution >= 0.6 is 11.8 Å². The van der Waals surface area contributed by atoms with Crippen molar-refractivity contribution >= 4 is 29.1 Å². The van der Waals surface area contributed by atoms with Crippen LogP contribution in [0.4, 0.5) is 11.4 Å². The van der Waals surface area contributed by atoms with E-state index in [1.165, 1.54) is 19.2 Å². The van der Waals surface area contributed by atoms with Gasteiger partial charge in [-0.2, -0.15) is 5.26 Å². The van der Waals surface area contributed by atoms with Crippen LogP contribution in [-0.4, -0.2) is 30.3 Å². The Morgan fingerprint density at radius 1 is 1.63 bits per heavy atom. The Labute approximate surface area is 113 Å². The van der Waals surface area contributed by atoms with Gasteiger partial charge >= 0.3 is 5.97 Å². The van der Waals surface area contributed by atoms with Crippen LogP contribution in [0.5, 0.6) is 0 Å². The molecular formula is C11H11N3O4S. The van der Waals surface area contributed by atoms with Gasteiger partial charge < -0.3 is 10.1 Å². The van der Waals surface area contributed by atoms with Gasteiger partial charge in [-0.15, -0.1) is 0 Å². The van der Waals surface area contributed by atoms with E-state index >= 15 is 0 Å². The summed E-state index contributed by atoms with van der Waals surface area (Å²) in [5.74, 6) is -0.124. The molecule has 0 unspecified atom stereocenters. The zero-order valence-corrected chi connectivity index (χ0v) is 10.9. The predicted molar refractivity (Wildman–Crippen MR) is 71.0 cm³/mol. The number of nitriles is 1. The van der Waals surface area contributed by atoms with Crippen molar-refractivity contribution in [2.24, 2.45) is 0 Å². The molecule has 1 aromatic carbocycles. The van der Waals surface area contributed by atoms with Gasteiger partial charge in [0, 0.05) is 18.4 Å². The van der Waals surface area contributed by atoms with Gasteiger partial charge in [0.05, 0.1) is 17.6 Å². The van der Waals surface area contributed by atoms with Gasteiger partial charge in [0.15, 0.2) is 0 Å². The number of rotatable bonds is 6. The fourth-order valence-corrected chi connectivity index (χ4v) is 1.65. The standard InChI is InChI=1S/C11H11N3O4S/c1-18-11(15)8-2-3-9(10(6-8)14(16)17)13-4-5-19-7-12/h2-3,6,13H,4-5H2,1H3. The van der Waals surface area contributed by atoms with Crippen LogP contribution in [0, 0.1) is 20.8 Å². The third-order valence-electron chi connectivity index (χ3n) is 2.20. The van der Waals surface area contributed by atoms with E-state index in [2.05, 4.69) is 10.1 Å². The summed E-state index contributed by atoms with van der Waals surface area (Å²) in [6.45, 7) is 0.413. The molecule has 0 spiro atoms. The Kier molecular flexibility index (Phi) is 5.63. The first-order valence-corrected chi connectivity index (χ1v) is 6.20. The number of ether oxygens (including phenoxy) is 1. The molecule has 19 heavy (non-hydrogen) atoms. The fraction of sp³-hybridized carbons (Fsp3) is 0.273. The highest BCUT2D eigenvalue weighted by Crippen LogP contribution is 2.25. The highest BCUT2D eigenvalue weighted by atomic mass is 32.2. The molecule has 0 heterocycles. The van der Waals surface area contributed by atoms with Crippen LogP contribution in [0.3, 0.4) is 0 Å². The average Bonchev–Trinajstić information content (AvgIpc) is 2.42. The smallest absolute Gasteiger partial charge is 0.338 e. The first-order valence-electron chi connectivity index (χ1n) is 5.21. The second-order valence-electron chi connectivity index (χ2n) is 3.35. The van der Waals surface area contributed by atoms with Crippen LogP contribution < -0.4 is 5.32 Å². The molecule has 0 aromatic heterocycles. The van der Waals surface area contributed by atoms with Crippen LogP contribution in [-0.2, 0) is 4.74 Å². The van der Waals surface area contributed by atoms with E-state index < -0.39 is 10.9 Å². The minimum Gasteiger partial charge on any atom is -0.465 e. The van der Waals surface area contributed by atoms with Crippen LogP contribution in [0.1, 0.15) is 10.4 Å². The Bertz CT molecular complexity index is 527. The molecule has 0 fully saturated rings. The van der Waals surface area contributed by atoms with E-state index in [0.717, 1.165) is 17.8 Å². The van der Waals surface area contributed by atoms with Crippen molar-refractivity contribution in [1.82, 2.24) is 0 Å². The zero-order valence-electron chi connectivity index (χ0n) is 10.1. The zero-order chi connectivity index (χ0) is 14.3. The van der Waals surface area contributed by atoms with Gasteiger partial charge in [-0.05, 0) is 23.9 Å². The van der Waals surface area contributed by atoms with Crippen molar-refractivity contribution in [3.8, 4) is 5.40 Å². The highest BCUT2D eigenvalue weighted by Gasteiger charge is 2.17. The second-order valence-corrected chi connectivity index (χ2v) is 4.23. The first-order chi connectivity index (χ1) is 9.10. The Balaban J connectivity index is 2.89. The summed E-state index contributed by atoms with van der Waals surface area (Å²) in [5, 5.41) is 24.0. The molecule has 100 valence electrons. The lowest BCUT2D eigenvalue weighted by Gasteiger charge is -2.07. The molecule has 1 N–H and O–H groups in total. The van der Waals surface area contributed by atoms with Gasteiger partial charge in [0.25, 0.3) is 5.69 Å².